The second-order valence-electron chi connectivity index (χ2n) is 5.37. The minimum Gasteiger partial charge on any atom is -0.355 e. The van der Waals surface area contributed by atoms with Crippen molar-refractivity contribution in [1.82, 2.24) is 10.3 Å². The van der Waals surface area contributed by atoms with Crippen molar-refractivity contribution in [3.05, 3.63) is 63.3 Å². The molecule has 3 rings (SSSR count). The first-order chi connectivity index (χ1) is 11.2. The highest BCUT2D eigenvalue weighted by molar-refractivity contribution is 7.13. The monoisotopic (exact) mass is 342 g/mol. The number of aryl methyl sites for hydroxylation is 1. The van der Waals surface area contributed by atoms with Gasteiger partial charge in [0.15, 0.2) is 0 Å². The molecule has 1 N–H and O–H groups in total. The largest absolute Gasteiger partial charge is 0.355 e. The predicted molar refractivity (Wildman–Crippen MR) is 97.0 cm³/mol. The number of hydrogen-bond acceptors (Lipinski definition) is 4. The van der Waals surface area contributed by atoms with E-state index in [4.69, 9.17) is 0 Å². The Morgan fingerprint density at radius 1 is 1.22 bits per heavy atom. The summed E-state index contributed by atoms with van der Waals surface area (Å²) in [7, 11) is 0. The van der Waals surface area contributed by atoms with Crippen molar-refractivity contribution in [1.29, 1.82) is 0 Å². The van der Waals surface area contributed by atoms with Gasteiger partial charge >= 0.3 is 0 Å². The Balaban J connectivity index is 1.53. The fraction of sp³-hybridized carbons (Fsp3) is 0.222. The molecule has 0 atom stereocenters. The van der Waals surface area contributed by atoms with Gasteiger partial charge < -0.3 is 5.32 Å². The molecule has 0 saturated carbocycles. The van der Waals surface area contributed by atoms with Crippen LogP contribution in [0.4, 0.5) is 0 Å². The second kappa shape index (κ2) is 7.53. The van der Waals surface area contributed by atoms with E-state index in [1.165, 1.54) is 10.4 Å². The molecule has 1 aromatic carbocycles. The molecule has 1 amide bonds. The average molecular weight is 342 g/mol. The first kappa shape index (κ1) is 15.9. The highest BCUT2D eigenvalue weighted by Crippen LogP contribution is 2.24. The Hall–Kier alpha value is -1.98. The Morgan fingerprint density at radius 2 is 2.13 bits per heavy atom. The van der Waals surface area contributed by atoms with Crippen LogP contribution in [0.3, 0.4) is 0 Å². The van der Waals surface area contributed by atoms with E-state index < -0.39 is 0 Å². The van der Waals surface area contributed by atoms with E-state index >= 15 is 0 Å². The molecule has 0 spiro atoms. The molecule has 0 unspecified atom stereocenters. The van der Waals surface area contributed by atoms with Crippen LogP contribution in [-0.4, -0.2) is 17.4 Å². The third kappa shape index (κ3) is 4.50. The summed E-state index contributed by atoms with van der Waals surface area (Å²) in [6.45, 7) is 2.74. The topological polar surface area (TPSA) is 42.0 Å². The molecular formula is C18H18N2OS2. The summed E-state index contributed by atoms with van der Waals surface area (Å²) in [5, 5.41) is 7.95. The zero-order valence-corrected chi connectivity index (χ0v) is 14.5. The van der Waals surface area contributed by atoms with Gasteiger partial charge in [-0.3, -0.25) is 4.79 Å². The van der Waals surface area contributed by atoms with E-state index in [9.17, 15) is 4.79 Å². The lowest BCUT2D eigenvalue weighted by Crippen LogP contribution is -2.27. The molecule has 0 radical (unpaired) electrons. The Kier molecular flexibility index (Phi) is 5.20. The lowest BCUT2D eigenvalue weighted by molar-refractivity contribution is -0.120. The van der Waals surface area contributed by atoms with Gasteiger partial charge in [-0.2, -0.15) is 0 Å². The van der Waals surface area contributed by atoms with Crippen LogP contribution in [0.5, 0.6) is 0 Å². The van der Waals surface area contributed by atoms with Crippen molar-refractivity contribution >= 4 is 28.6 Å². The van der Waals surface area contributed by atoms with Gasteiger partial charge in [-0.05, 0) is 30.9 Å². The van der Waals surface area contributed by atoms with Crippen LogP contribution in [-0.2, 0) is 17.6 Å². The van der Waals surface area contributed by atoms with E-state index in [0.717, 1.165) is 22.7 Å². The maximum atomic E-state index is 12.0. The van der Waals surface area contributed by atoms with Crippen molar-refractivity contribution in [2.24, 2.45) is 0 Å². The summed E-state index contributed by atoms with van der Waals surface area (Å²) in [5.74, 6) is 0.0302. The number of benzene rings is 1. The number of thiophene rings is 1. The predicted octanol–water partition coefficient (Wildman–Crippen LogP) is 4.08. The minimum absolute atomic E-state index is 0.0302. The number of thiazole rings is 1. The first-order valence-corrected chi connectivity index (χ1v) is 9.27. The van der Waals surface area contributed by atoms with Gasteiger partial charge in [0.05, 0.1) is 12.1 Å². The fourth-order valence-corrected chi connectivity index (χ4v) is 3.83. The van der Waals surface area contributed by atoms with Gasteiger partial charge in [-0.15, -0.1) is 22.7 Å². The van der Waals surface area contributed by atoms with Gasteiger partial charge in [0, 0.05) is 22.4 Å². The van der Waals surface area contributed by atoms with Gasteiger partial charge in [-0.1, -0.05) is 29.8 Å². The second-order valence-corrected chi connectivity index (χ2v) is 7.26. The van der Waals surface area contributed by atoms with Crippen LogP contribution in [0.15, 0.2) is 47.2 Å². The molecule has 0 bridgehead atoms. The summed E-state index contributed by atoms with van der Waals surface area (Å²) in [5.41, 5.74) is 3.16. The maximum absolute atomic E-state index is 12.0. The van der Waals surface area contributed by atoms with E-state index in [1.807, 2.05) is 17.5 Å². The van der Waals surface area contributed by atoms with Crippen molar-refractivity contribution in [3.8, 4) is 10.6 Å². The lowest BCUT2D eigenvalue weighted by Gasteiger charge is -2.02. The Bertz CT molecular complexity index is 778. The Morgan fingerprint density at radius 3 is 2.91 bits per heavy atom. The number of aromatic nitrogens is 1. The summed E-state index contributed by atoms with van der Waals surface area (Å²) < 4.78 is 0. The first-order valence-electron chi connectivity index (χ1n) is 7.51. The summed E-state index contributed by atoms with van der Waals surface area (Å²) in [4.78, 5) is 17.9. The molecule has 2 heterocycles. The minimum atomic E-state index is 0.0302. The zero-order chi connectivity index (χ0) is 16.1. The number of rotatable bonds is 6. The van der Waals surface area contributed by atoms with E-state index in [0.29, 0.717) is 13.0 Å². The number of nitrogens with one attached hydrogen (secondary N) is 1. The standard InChI is InChI=1S/C18H18N2OS2/c1-13-4-2-5-14(10-13)18-20-15(12-23-18)11-17(21)19-8-7-16-6-3-9-22-16/h2-6,9-10,12H,7-8,11H2,1H3,(H,19,21). The number of nitrogens with zero attached hydrogens (tertiary/aromatic N) is 1. The van der Waals surface area contributed by atoms with Gasteiger partial charge in [-0.25, -0.2) is 4.98 Å². The third-order valence-corrected chi connectivity index (χ3v) is 5.31. The highest BCUT2D eigenvalue weighted by atomic mass is 32.1. The van der Waals surface area contributed by atoms with Gasteiger partial charge in [0.25, 0.3) is 0 Å². The molecule has 2 aromatic heterocycles. The summed E-state index contributed by atoms with van der Waals surface area (Å²) in [6, 6.07) is 12.4. The van der Waals surface area contributed by atoms with Crippen LogP contribution in [0.1, 0.15) is 16.1 Å². The third-order valence-electron chi connectivity index (χ3n) is 3.43. The molecule has 0 fully saturated rings. The van der Waals surface area contributed by atoms with E-state index in [1.54, 1.807) is 22.7 Å². The highest BCUT2D eigenvalue weighted by Gasteiger charge is 2.09. The van der Waals surface area contributed by atoms with E-state index in [-0.39, 0.29) is 5.91 Å². The fourth-order valence-electron chi connectivity index (χ4n) is 2.31. The normalized spacial score (nSPS) is 10.7. The number of amides is 1. The number of carbonyl (C=O) groups excluding carboxylic acids is 1. The summed E-state index contributed by atoms with van der Waals surface area (Å²) >= 11 is 3.30. The van der Waals surface area contributed by atoms with Crippen LogP contribution < -0.4 is 5.32 Å². The molecule has 0 aliphatic carbocycles. The number of hydrogen-bond donors (Lipinski definition) is 1. The molecule has 0 saturated heterocycles. The average Bonchev–Trinajstić information content (AvgIpc) is 3.19. The maximum Gasteiger partial charge on any atom is 0.226 e. The van der Waals surface area contributed by atoms with Crippen LogP contribution in [0.2, 0.25) is 0 Å². The molecule has 23 heavy (non-hydrogen) atoms. The SMILES string of the molecule is Cc1cccc(-c2nc(CC(=O)NCCc3cccs3)cs2)c1. The molecule has 3 nitrogen and oxygen atoms in total. The van der Waals surface area contributed by atoms with E-state index in [2.05, 4.69) is 46.9 Å². The zero-order valence-electron chi connectivity index (χ0n) is 12.9. The molecule has 118 valence electrons. The summed E-state index contributed by atoms with van der Waals surface area (Å²) in [6.07, 6.45) is 1.22. The van der Waals surface area contributed by atoms with Crippen molar-refractivity contribution < 1.29 is 4.79 Å². The van der Waals surface area contributed by atoms with Crippen molar-refractivity contribution in [2.45, 2.75) is 19.8 Å². The smallest absolute Gasteiger partial charge is 0.226 e. The van der Waals surface area contributed by atoms with Gasteiger partial charge in [0.1, 0.15) is 5.01 Å². The molecule has 5 heteroatoms. The molecule has 3 aromatic rings. The van der Waals surface area contributed by atoms with Crippen LogP contribution >= 0.6 is 22.7 Å². The molecule has 0 aliphatic rings. The van der Waals surface area contributed by atoms with Gasteiger partial charge in [0.2, 0.25) is 5.91 Å². The van der Waals surface area contributed by atoms with Crippen LogP contribution in [0.25, 0.3) is 10.6 Å². The number of carbonyl (C=O) groups is 1. The van der Waals surface area contributed by atoms with Crippen molar-refractivity contribution in [3.63, 3.8) is 0 Å². The lowest BCUT2D eigenvalue weighted by atomic mass is 10.1. The molecule has 0 aliphatic heterocycles. The molecular weight excluding hydrogens is 324 g/mol. The quantitative estimate of drug-likeness (QED) is 0.733. The Labute approximate surface area is 144 Å². The van der Waals surface area contributed by atoms with Crippen LogP contribution in [0, 0.1) is 6.92 Å². The van der Waals surface area contributed by atoms with Crippen molar-refractivity contribution in [2.75, 3.05) is 6.54 Å².